The number of quaternary nitrogens is 1. The van der Waals surface area contributed by atoms with Crippen LogP contribution in [0.4, 0.5) is 0 Å². The van der Waals surface area contributed by atoms with Crippen LogP contribution in [0, 0.1) is 0 Å². The van der Waals surface area contributed by atoms with E-state index in [1.54, 1.807) is 0 Å². The number of aromatic hydroxyl groups is 1. The van der Waals surface area contributed by atoms with Crippen LogP contribution in [0.25, 0.3) is 10.9 Å². The van der Waals surface area contributed by atoms with Gasteiger partial charge in [-0.1, -0.05) is 36.4 Å². The van der Waals surface area contributed by atoms with Gasteiger partial charge in [0, 0.05) is 17.4 Å². The molecule has 116 valence electrons. The molecule has 0 radical (unpaired) electrons. The first-order valence-electron chi connectivity index (χ1n) is 7.95. The minimum Gasteiger partial charge on any atom is -0.507 e. The van der Waals surface area contributed by atoms with E-state index in [0.29, 0.717) is 23.0 Å². The minimum atomic E-state index is -0.187. The van der Waals surface area contributed by atoms with Crippen molar-refractivity contribution in [2.75, 3.05) is 6.54 Å². The zero-order valence-corrected chi connectivity index (χ0v) is 12.8. The molecular formula is C19H19N2O2+. The van der Waals surface area contributed by atoms with Gasteiger partial charge in [0.2, 0.25) is 0 Å². The Hall–Kier alpha value is -2.59. The lowest BCUT2D eigenvalue weighted by atomic mass is 9.99. The van der Waals surface area contributed by atoms with Gasteiger partial charge in [-0.25, -0.2) is 0 Å². The predicted octanol–water partition coefficient (Wildman–Crippen LogP) is 1.37. The molecule has 0 spiro atoms. The third-order valence-electron chi connectivity index (χ3n) is 4.72. The Morgan fingerprint density at radius 2 is 1.78 bits per heavy atom. The molecule has 0 bridgehead atoms. The smallest absolute Gasteiger partial charge is 0.261 e. The highest BCUT2D eigenvalue weighted by molar-refractivity contribution is 5.85. The fraction of sp³-hybridized carbons (Fsp3) is 0.211. The summed E-state index contributed by atoms with van der Waals surface area (Å²) in [6.45, 7) is 2.41. The Bertz CT molecular complexity index is 930. The fourth-order valence-corrected chi connectivity index (χ4v) is 3.47. The third kappa shape index (κ3) is 2.51. The Morgan fingerprint density at radius 3 is 2.65 bits per heavy atom. The van der Waals surface area contributed by atoms with Crippen LogP contribution in [-0.4, -0.2) is 16.6 Å². The second-order valence-electron chi connectivity index (χ2n) is 6.20. The summed E-state index contributed by atoms with van der Waals surface area (Å²) in [5, 5.41) is 11.2. The number of benzene rings is 2. The standard InChI is InChI=1S/C19H18N2O2/c22-18-15-7-3-4-8-17(15)20-19(23)16(18)12-21-10-9-13-5-1-2-6-14(13)11-21/h1-8H,9-12H2,(H2,20,22,23)/p+1. The maximum Gasteiger partial charge on any atom is 0.261 e. The molecule has 23 heavy (non-hydrogen) atoms. The van der Waals surface area contributed by atoms with Crippen LogP contribution in [-0.2, 0) is 19.5 Å². The highest BCUT2D eigenvalue weighted by Crippen LogP contribution is 2.24. The number of para-hydroxylation sites is 1. The van der Waals surface area contributed by atoms with E-state index in [4.69, 9.17) is 0 Å². The lowest BCUT2D eigenvalue weighted by Gasteiger charge is -2.26. The van der Waals surface area contributed by atoms with Gasteiger partial charge in [0.25, 0.3) is 5.56 Å². The number of hydrogen-bond donors (Lipinski definition) is 3. The molecule has 1 unspecified atom stereocenters. The Labute approximate surface area is 134 Å². The van der Waals surface area contributed by atoms with E-state index in [1.165, 1.54) is 16.0 Å². The second-order valence-corrected chi connectivity index (χ2v) is 6.20. The summed E-state index contributed by atoms with van der Waals surface area (Å²) < 4.78 is 0. The lowest BCUT2D eigenvalue weighted by Crippen LogP contribution is -3.10. The van der Waals surface area contributed by atoms with Crippen LogP contribution in [0.2, 0.25) is 0 Å². The third-order valence-corrected chi connectivity index (χ3v) is 4.72. The molecule has 2 aromatic carbocycles. The van der Waals surface area contributed by atoms with E-state index < -0.39 is 0 Å². The van der Waals surface area contributed by atoms with Gasteiger partial charge in [-0.15, -0.1) is 0 Å². The van der Waals surface area contributed by atoms with E-state index in [-0.39, 0.29) is 11.3 Å². The number of aromatic amines is 1. The van der Waals surface area contributed by atoms with Crippen molar-refractivity contribution in [3.05, 3.63) is 75.6 Å². The maximum atomic E-state index is 12.3. The van der Waals surface area contributed by atoms with E-state index in [2.05, 4.69) is 29.2 Å². The van der Waals surface area contributed by atoms with Gasteiger partial charge in [0.15, 0.2) is 0 Å². The molecule has 3 N–H and O–H groups in total. The normalized spacial score (nSPS) is 17.1. The number of pyridine rings is 1. The van der Waals surface area contributed by atoms with Gasteiger partial charge in [-0.2, -0.15) is 0 Å². The molecule has 1 aliphatic heterocycles. The number of hydrogen-bond acceptors (Lipinski definition) is 2. The molecule has 4 nitrogen and oxygen atoms in total. The minimum absolute atomic E-state index is 0.121. The molecular weight excluding hydrogens is 288 g/mol. The molecule has 4 rings (SSSR count). The molecule has 3 aromatic rings. The first-order chi connectivity index (χ1) is 11.2. The lowest BCUT2D eigenvalue weighted by molar-refractivity contribution is -0.929. The Kier molecular flexibility index (Phi) is 3.39. The van der Waals surface area contributed by atoms with Crippen LogP contribution in [0.5, 0.6) is 5.75 Å². The SMILES string of the molecule is O=c1[nH]c2ccccc2c(O)c1C[NH+]1CCc2ccccc2C1. The second kappa shape index (κ2) is 5.56. The average molecular weight is 307 g/mol. The molecule has 0 amide bonds. The zero-order chi connectivity index (χ0) is 15.8. The molecule has 4 heteroatoms. The highest BCUT2D eigenvalue weighted by Gasteiger charge is 2.22. The molecule has 1 aromatic heterocycles. The highest BCUT2D eigenvalue weighted by atomic mass is 16.3. The van der Waals surface area contributed by atoms with Gasteiger partial charge >= 0.3 is 0 Å². The van der Waals surface area contributed by atoms with E-state index in [0.717, 1.165) is 19.5 Å². The number of nitrogens with one attached hydrogen (secondary N) is 2. The Balaban J connectivity index is 1.68. The van der Waals surface area contributed by atoms with Crippen LogP contribution in [0.3, 0.4) is 0 Å². The van der Waals surface area contributed by atoms with E-state index >= 15 is 0 Å². The molecule has 0 saturated carbocycles. The summed E-state index contributed by atoms with van der Waals surface area (Å²) >= 11 is 0. The van der Waals surface area contributed by atoms with Crippen LogP contribution in [0.1, 0.15) is 16.7 Å². The van der Waals surface area contributed by atoms with Gasteiger partial charge < -0.3 is 15.0 Å². The maximum absolute atomic E-state index is 12.3. The van der Waals surface area contributed by atoms with Gasteiger partial charge in [-0.3, -0.25) is 4.79 Å². The van der Waals surface area contributed by atoms with Crippen molar-refractivity contribution in [1.82, 2.24) is 4.98 Å². The van der Waals surface area contributed by atoms with Gasteiger partial charge in [0.1, 0.15) is 24.4 Å². The van der Waals surface area contributed by atoms with Crippen LogP contribution < -0.4 is 10.5 Å². The topological polar surface area (TPSA) is 57.5 Å². The molecule has 1 atom stereocenters. The Morgan fingerprint density at radius 1 is 1.04 bits per heavy atom. The quantitative estimate of drug-likeness (QED) is 0.670. The average Bonchev–Trinajstić information content (AvgIpc) is 2.58. The molecule has 0 saturated heterocycles. The van der Waals surface area contributed by atoms with Gasteiger partial charge in [-0.05, 0) is 17.7 Å². The molecule has 1 aliphatic rings. The van der Waals surface area contributed by atoms with Gasteiger partial charge in [0.05, 0.1) is 12.1 Å². The summed E-state index contributed by atoms with van der Waals surface area (Å²) in [5.41, 5.74) is 3.71. The summed E-state index contributed by atoms with van der Waals surface area (Å²) in [6, 6.07) is 15.8. The predicted molar refractivity (Wildman–Crippen MR) is 89.6 cm³/mol. The van der Waals surface area contributed by atoms with E-state index in [1.807, 2.05) is 24.3 Å². The number of aromatic nitrogens is 1. The van der Waals surface area contributed by atoms with Crippen LogP contribution >= 0.6 is 0 Å². The van der Waals surface area contributed by atoms with Crippen molar-refractivity contribution in [2.45, 2.75) is 19.5 Å². The van der Waals surface area contributed by atoms with Crippen molar-refractivity contribution in [3.63, 3.8) is 0 Å². The first-order valence-corrected chi connectivity index (χ1v) is 7.95. The summed E-state index contributed by atoms with van der Waals surface area (Å²) in [4.78, 5) is 16.5. The zero-order valence-electron chi connectivity index (χ0n) is 12.8. The largest absolute Gasteiger partial charge is 0.507 e. The van der Waals surface area contributed by atoms with E-state index in [9.17, 15) is 9.90 Å². The first kappa shape index (κ1) is 14.0. The molecule has 2 heterocycles. The van der Waals surface area contributed by atoms with Crippen molar-refractivity contribution < 1.29 is 10.0 Å². The van der Waals surface area contributed by atoms with Crippen molar-refractivity contribution in [1.29, 1.82) is 0 Å². The monoisotopic (exact) mass is 307 g/mol. The summed E-state index contributed by atoms with van der Waals surface area (Å²) in [6.07, 6.45) is 1.01. The molecule has 0 aliphatic carbocycles. The van der Waals surface area contributed by atoms with Crippen molar-refractivity contribution in [3.8, 4) is 5.75 Å². The number of fused-ring (bicyclic) bond motifs is 2. The van der Waals surface area contributed by atoms with Crippen molar-refractivity contribution in [2.24, 2.45) is 0 Å². The number of H-pyrrole nitrogens is 1. The molecule has 0 fully saturated rings. The fourth-order valence-electron chi connectivity index (χ4n) is 3.47. The van der Waals surface area contributed by atoms with Crippen LogP contribution in [0.15, 0.2) is 53.3 Å². The summed E-state index contributed by atoms with van der Waals surface area (Å²) in [5.74, 6) is 0.121. The van der Waals surface area contributed by atoms with Crippen molar-refractivity contribution >= 4 is 10.9 Å². The summed E-state index contributed by atoms with van der Waals surface area (Å²) in [7, 11) is 0. The number of rotatable bonds is 2.